The summed E-state index contributed by atoms with van der Waals surface area (Å²) in [5.74, 6) is 2.05. The molecule has 1 aliphatic rings. The van der Waals surface area contributed by atoms with Crippen LogP contribution in [0.4, 0.5) is 0 Å². The average molecular weight is 384 g/mol. The Bertz CT molecular complexity index is 890. The minimum Gasteiger partial charge on any atom is -0.504 e. The number of hydrogen-bond donors (Lipinski definition) is 1. The number of rotatable bonds is 6. The van der Waals surface area contributed by atoms with Gasteiger partial charge in [0.15, 0.2) is 28.8 Å². The second-order valence-corrected chi connectivity index (χ2v) is 6.59. The molecule has 1 atom stereocenters. The third-order valence-electron chi connectivity index (χ3n) is 4.96. The first-order valence-corrected chi connectivity index (χ1v) is 8.91. The highest BCUT2D eigenvalue weighted by atomic mass is 16.5. The lowest BCUT2D eigenvalue weighted by molar-refractivity contribution is -0.115. The second kappa shape index (κ2) is 8.25. The minimum absolute atomic E-state index is 0.0373. The highest BCUT2D eigenvalue weighted by Crippen LogP contribution is 2.44. The lowest BCUT2D eigenvalue weighted by Crippen LogP contribution is -2.12. The maximum Gasteiger partial charge on any atom is 0.203 e. The van der Waals surface area contributed by atoms with Crippen LogP contribution in [0.5, 0.6) is 28.7 Å². The zero-order chi connectivity index (χ0) is 20.3. The fourth-order valence-electron chi connectivity index (χ4n) is 3.56. The summed E-state index contributed by atoms with van der Waals surface area (Å²) in [5, 5.41) is 10.1. The number of carbonyl (C=O) groups excluding carboxylic acids is 1. The molecule has 0 aromatic heterocycles. The van der Waals surface area contributed by atoms with Crippen molar-refractivity contribution >= 4 is 11.4 Å². The molecule has 1 N–H and O–H groups in total. The van der Waals surface area contributed by atoms with Gasteiger partial charge in [-0.2, -0.15) is 0 Å². The summed E-state index contributed by atoms with van der Waals surface area (Å²) in [6, 6.07) is 8.94. The number of hydrogen-bond acceptors (Lipinski definition) is 6. The summed E-state index contributed by atoms with van der Waals surface area (Å²) >= 11 is 0. The Morgan fingerprint density at radius 2 is 1.50 bits per heavy atom. The zero-order valence-corrected chi connectivity index (χ0v) is 16.4. The van der Waals surface area contributed by atoms with Gasteiger partial charge in [0.1, 0.15) is 0 Å². The van der Waals surface area contributed by atoms with Crippen LogP contribution in [0.3, 0.4) is 0 Å². The van der Waals surface area contributed by atoms with E-state index >= 15 is 0 Å². The molecule has 0 fully saturated rings. The van der Waals surface area contributed by atoms with Crippen LogP contribution in [0.25, 0.3) is 5.57 Å². The Labute approximate surface area is 164 Å². The summed E-state index contributed by atoms with van der Waals surface area (Å²) < 4.78 is 21.3. The first-order valence-electron chi connectivity index (χ1n) is 8.91. The van der Waals surface area contributed by atoms with E-state index in [-0.39, 0.29) is 17.5 Å². The van der Waals surface area contributed by atoms with Gasteiger partial charge in [-0.1, -0.05) is 6.07 Å². The van der Waals surface area contributed by atoms with Crippen LogP contribution in [0.2, 0.25) is 0 Å². The SMILES string of the molecule is COc1ccc(C2CC(=O)C=C(c3cc(OC)c(OC)c(OC)c3)C2)cc1O. The van der Waals surface area contributed by atoms with E-state index in [2.05, 4.69) is 0 Å². The van der Waals surface area contributed by atoms with E-state index in [1.54, 1.807) is 39.5 Å². The first-order chi connectivity index (χ1) is 13.5. The number of ketones is 1. The monoisotopic (exact) mass is 384 g/mol. The minimum atomic E-state index is -0.0385. The van der Waals surface area contributed by atoms with Crippen LogP contribution in [0, 0.1) is 0 Å². The number of allylic oxidation sites excluding steroid dienone is 2. The highest BCUT2D eigenvalue weighted by molar-refractivity contribution is 5.99. The van der Waals surface area contributed by atoms with Crippen molar-refractivity contribution in [2.45, 2.75) is 18.8 Å². The molecule has 2 aromatic rings. The molecular formula is C22H24O6. The van der Waals surface area contributed by atoms with Gasteiger partial charge in [0, 0.05) is 6.42 Å². The molecule has 6 nitrogen and oxygen atoms in total. The second-order valence-electron chi connectivity index (χ2n) is 6.59. The van der Waals surface area contributed by atoms with Crippen LogP contribution in [0.15, 0.2) is 36.4 Å². The Kier molecular flexibility index (Phi) is 5.78. The van der Waals surface area contributed by atoms with Gasteiger partial charge in [0.25, 0.3) is 0 Å². The number of carbonyl (C=O) groups is 1. The normalized spacial score (nSPS) is 16.4. The molecule has 6 heteroatoms. The predicted molar refractivity (Wildman–Crippen MR) is 106 cm³/mol. The van der Waals surface area contributed by atoms with Crippen LogP contribution in [0.1, 0.15) is 29.9 Å². The summed E-state index contributed by atoms with van der Waals surface area (Å²) in [6.07, 6.45) is 2.70. The van der Waals surface area contributed by atoms with E-state index in [1.165, 1.54) is 7.11 Å². The zero-order valence-electron chi connectivity index (χ0n) is 16.4. The third-order valence-corrected chi connectivity index (χ3v) is 4.96. The van der Waals surface area contributed by atoms with E-state index in [0.29, 0.717) is 35.8 Å². The number of aromatic hydroxyl groups is 1. The highest BCUT2D eigenvalue weighted by Gasteiger charge is 2.25. The van der Waals surface area contributed by atoms with Crippen molar-refractivity contribution in [1.82, 2.24) is 0 Å². The van der Waals surface area contributed by atoms with Crippen molar-refractivity contribution in [3.05, 3.63) is 47.5 Å². The number of phenolic OH excluding ortho intramolecular Hbond substituents is 1. The molecule has 3 rings (SSSR count). The topological polar surface area (TPSA) is 74.2 Å². The first kappa shape index (κ1) is 19.6. The molecule has 0 aliphatic heterocycles. The quantitative estimate of drug-likeness (QED) is 0.813. The molecule has 2 aromatic carbocycles. The predicted octanol–water partition coefficient (Wildman–Crippen LogP) is 3.96. The summed E-state index contributed by atoms with van der Waals surface area (Å²) in [5.41, 5.74) is 2.62. The van der Waals surface area contributed by atoms with Crippen LogP contribution < -0.4 is 18.9 Å². The van der Waals surface area contributed by atoms with Crippen molar-refractivity contribution in [2.24, 2.45) is 0 Å². The molecule has 28 heavy (non-hydrogen) atoms. The van der Waals surface area contributed by atoms with E-state index in [4.69, 9.17) is 18.9 Å². The maximum atomic E-state index is 12.4. The Balaban J connectivity index is 1.97. The van der Waals surface area contributed by atoms with Gasteiger partial charge in [0.05, 0.1) is 28.4 Å². The molecule has 1 aliphatic carbocycles. The molecule has 0 bridgehead atoms. The van der Waals surface area contributed by atoms with Crippen molar-refractivity contribution in [3.63, 3.8) is 0 Å². The lowest BCUT2D eigenvalue weighted by Gasteiger charge is -2.24. The van der Waals surface area contributed by atoms with Crippen molar-refractivity contribution < 1.29 is 28.8 Å². The number of methoxy groups -OCH3 is 4. The largest absolute Gasteiger partial charge is 0.504 e. The molecule has 0 heterocycles. The molecule has 0 spiro atoms. The molecule has 148 valence electrons. The van der Waals surface area contributed by atoms with Crippen molar-refractivity contribution in [3.8, 4) is 28.7 Å². The van der Waals surface area contributed by atoms with E-state index in [1.807, 2.05) is 18.2 Å². The number of ether oxygens (including phenoxy) is 4. The van der Waals surface area contributed by atoms with Gasteiger partial charge in [-0.25, -0.2) is 0 Å². The van der Waals surface area contributed by atoms with Crippen LogP contribution in [-0.4, -0.2) is 39.3 Å². The van der Waals surface area contributed by atoms with Gasteiger partial charge < -0.3 is 24.1 Å². The summed E-state index contributed by atoms with van der Waals surface area (Å²) in [7, 11) is 6.18. The number of phenols is 1. The van der Waals surface area contributed by atoms with E-state index in [0.717, 1.165) is 16.7 Å². The van der Waals surface area contributed by atoms with Crippen molar-refractivity contribution in [2.75, 3.05) is 28.4 Å². The lowest BCUT2D eigenvalue weighted by atomic mass is 9.81. The summed E-state index contributed by atoms with van der Waals surface area (Å²) in [6.45, 7) is 0. The van der Waals surface area contributed by atoms with E-state index in [9.17, 15) is 9.90 Å². The molecular weight excluding hydrogens is 360 g/mol. The Morgan fingerprint density at radius 3 is 2.04 bits per heavy atom. The fourth-order valence-corrected chi connectivity index (χ4v) is 3.56. The average Bonchev–Trinajstić information content (AvgIpc) is 2.71. The summed E-state index contributed by atoms with van der Waals surface area (Å²) in [4.78, 5) is 12.4. The van der Waals surface area contributed by atoms with Gasteiger partial charge >= 0.3 is 0 Å². The van der Waals surface area contributed by atoms with Gasteiger partial charge in [-0.05, 0) is 59.4 Å². The van der Waals surface area contributed by atoms with Gasteiger partial charge in [-0.15, -0.1) is 0 Å². The molecule has 0 amide bonds. The van der Waals surface area contributed by atoms with E-state index < -0.39 is 0 Å². The molecule has 0 saturated heterocycles. The smallest absolute Gasteiger partial charge is 0.203 e. The Hall–Kier alpha value is -3.15. The Morgan fingerprint density at radius 1 is 0.857 bits per heavy atom. The molecule has 1 unspecified atom stereocenters. The fraction of sp³-hybridized carbons (Fsp3) is 0.318. The standard InChI is InChI=1S/C22H24O6/c1-25-19-6-5-13(10-18(19)24)14-7-15(9-17(23)8-14)16-11-20(26-2)22(28-4)21(12-16)27-3/h5-6,9-12,14,24H,7-8H2,1-4H3. The molecule has 0 saturated carbocycles. The molecule has 0 radical (unpaired) electrons. The van der Waals surface area contributed by atoms with Gasteiger partial charge in [-0.3, -0.25) is 4.79 Å². The van der Waals surface area contributed by atoms with Gasteiger partial charge in [0.2, 0.25) is 5.75 Å². The van der Waals surface area contributed by atoms with Crippen molar-refractivity contribution in [1.29, 1.82) is 0 Å². The van der Waals surface area contributed by atoms with Crippen LogP contribution in [-0.2, 0) is 4.79 Å². The third kappa shape index (κ3) is 3.76. The van der Waals surface area contributed by atoms with Crippen LogP contribution >= 0.6 is 0 Å². The number of benzene rings is 2. The maximum absolute atomic E-state index is 12.4.